The van der Waals surface area contributed by atoms with Crippen molar-refractivity contribution in [3.63, 3.8) is 0 Å². The number of aromatic amines is 1. The Hall–Kier alpha value is -4.96. The number of hydrogen-bond donors (Lipinski definition) is 2. The summed E-state index contributed by atoms with van der Waals surface area (Å²) in [7, 11) is 0. The van der Waals surface area contributed by atoms with Crippen LogP contribution in [0.15, 0.2) is 72.9 Å². The van der Waals surface area contributed by atoms with Crippen molar-refractivity contribution in [1.82, 2.24) is 35.2 Å². The summed E-state index contributed by atoms with van der Waals surface area (Å²) >= 11 is 0. The van der Waals surface area contributed by atoms with Crippen LogP contribution >= 0.6 is 0 Å². The molecule has 0 aliphatic carbocycles. The maximum atomic E-state index is 11.9. The summed E-state index contributed by atoms with van der Waals surface area (Å²) in [5.41, 5.74) is 8.30. The number of pyridine rings is 2. The van der Waals surface area contributed by atoms with Gasteiger partial charge in [-0.25, -0.2) is 9.97 Å². The summed E-state index contributed by atoms with van der Waals surface area (Å²) in [6.45, 7) is 4.25. The van der Waals surface area contributed by atoms with Gasteiger partial charge in [-0.1, -0.05) is 55.5 Å². The maximum Gasteiger partial charge on any atom is 0.205 e. The van der Waals surface area contributed by atoms with Crippen molar-refractivity contribution in [2.24, 2.45) is 0 Å². The van der Waals surface area contributed by atoms with Gasteiger partial charge in [-0.15, -0.1) is 10.2 Å². The molecule has 4 heterocycles. The Morgan fingerprint density at radius 1 is 0.950 bits per heavy atom. The van der Waals surface area contributed by atoms with E-state index >= 15 is 0 Å². The summed E-state index contributed by atoms with van der Waals surface area (Å²) in [5, 5.41) is 36.6. The van der Waals surface area contributed by atoms with E-state index in [1.54, 1.807) is 19.1 Å². The van der Waals surface area contributed by atoms with Gasteiger partial charge in [0.1, 0.15) is 11.3 Å². The number of hydrogen-bond acceptors (Lipinski definition) is 7. The van der Waals surface area contributed by atoms with Gasteiger partial charge in [0.05, 0.1) is 18.8 Å². The molecule has 0 aliphatic heterocycles. The Bertz CT molecular complexity index is 1790. The molecule has 6 aromatic rings. The maximum absolute atomic E-state index is 11.9. The van der Waals surface area contributed by atoms with Gasteiger partial charge in [0, 0.05) is 36.6 Å². The Morgan fingerprint density at radius 2 is 1.75 bits per heavy atom. The van der Waals surface area contributed by atoms with Gasteiger partial charge in [-0.3, -0.25) is 0 Å². The molecule has 10 heteroatoms. The highest BCUT2D eigenvalue weighted by Crippen LogP contribution is 2.31. The first-order chi connectivity index (χ1) is 19.6. The summed E-state index contributed by atoms with van der Waals surface area (Å²) in [6, 6.07) is 21.9. The molecule has 0 aliphatic rings. The Kier molecular flexibility index (Phi) is 6.75. The van der Waals surface area contributed by atoms with Gasteiger partial charge >= 0.3 is 0 Å². The summed E-state index contributed by atoms with van der Waals surface area (Å²) in [4.78, 5) is 9.80. The quantitative estimate of drug-likeness (QED) is 0.220. The number of aliphatic hydroxyl groups excluding tert-OH is 1. The minimum atomic E-state index is -0.223. The monoisotopic (exact) mass is 532 g/mol. The van der Waals surface area contributed by atoms with Crippen molar-refractivity contribution >= 4 is 11.2 Å². The highest BCUT2D eigenvalue weighted by Gasteiger charge is 2.18. The summed E-state index contributed by atoms with van der Waals surface area (Å²) in [6.07, 6.45) is 3.22. The van der Waals surface area contributed by atoms with Crippen LogP contribution in [-0.2, 0) is 19.6 Å². The van der Waals surface area contributed by atoms with Crippen LogP contribution in [0.4, 0.5) is 0 Å². The normalized spacial score (nSPS) is 11.4. The van der Waals surface area contributed by atoms with Crippen molar-refractivity contribution in [3.05, 3.63) is 101 Å². The second kappa shape index (κ2) is 10.7. The molecule has 6 rings (SSSR count). The van der Waals surface area contributed by atoms with Gasteiger partial charge in [0.15, 0.2) is 17.5 Å². The minimum Gasteiger partial charge on any atom is -0.619 e. The van der Waals surface area contributed by atoms with Gasteiger partial charge in [-0.2, -0.15) is 9.94 Å². The van der Waals surface area contributed by atoms with Gasteiger partial charge in [-0.05, 0) is 40.0 Å². The van der Waals surface area contributed by atoms with Crippen molar-refractivity contribution in [1.29, 1.82) is 0 Å². The standard InChI is InChI=1S/C30H28N8O2/c1-3-6-28-31-26-16-25(22-13-14-38(40)19(2)15-22)27(18-39)32-30(26)37(28)17-20-9-11-21(12-10-20)23-7-4-5-8-24(23)29-33-35-36-34-29/h4-5,7-16,39H,3,6,17-18H2,1-2H3,(H,33,34,35,36). The summed E-state index contributed by atoms with van der Waals surface area (Å²) in [5.74, 6) is 1.50. The second-order valence-electron chi connectivity index (χ2n) is 9.71. The molecular formula is C30H28N8O2. The van der Waals surface area contributed by atoms with Crippen molar-refractivity contribution < 1.29 is 9.84 Å². The van der Waals surface area contributed by atoms with Crippen molar-refractivity contribution in [2.45, 2.75) is 39.8 Å². The predicted octanol–water partition coefficient (Wildman–Crippen LogP) is 4.38. The molecule has 200 valence electrons. The topological polar surface area (TPSA) is 132 Å². The zero-order valence-corrected chi connectivity index (χ0v) is 22.2. The molecule has 0 fully saturated rings. The molecule has 2 N–H and O–H groups in total. The fourth-order valence-electron chi connectivity index (χ4n) is 5.03. The zero-order valence-electron chi connectivity index (χ0n) is 22.2. The van der Waals surface area contributed by atoms with E-state index < -0.39 is 0 Å². The number of rotatable bonds is 8. The molecule has 0 radical (unpaired) electrons. The number of nitrogens with zero attached hydrogens (tertiary/aromatic N) is 7. The lowest BCUT2D eigenvalue weighted by molar-refractivity contribution is -0.612. The molecule has 40 heavy (non-hydrogen) atoms. The lowest BCUT2D eigenvalue weighted by atomic mass is 9.98. The summed E-state index contributed by atoms with van der Waals surface area (Å²) < 4.78 is 2.95. The number of aryl methyl sites for hydroxylation is 2. The average Bonchev–Trinajstić information content (AvgIpc) is 3.63. The van der Waals surface area contributed by atoms with Crippen LogP contribution in [0.25, 0.3) is 44.8 Å². The Labute approximate surface area is 230 Å². The smallest absolute Gasteiger partial charge is 0.205 e. The first-order valence-corrected chi connectivity index (χ1v) is 13.2. The molecule has 0 spiro atoms. The highest BCUT2D eigenvalue weighted by molar-refractivity contribution is 5.81. The molecule has 0 unspecified atom stereocenters. The number of nitrogens with one attached hydrogen (secondary N) is 1. The van der Waals surface area contributed by atoms with E-state index in [1.807, 2.05) is 30.3 Å². The molecular weight excluding hydrogens is 504 g/mol. The van der Waals surface area contributed by atoms with Crippen LogP contribution in [0.3, 0.4) is 0 Å². The fourth-order valence-corrected chi connectivity index (χ4v) is 5.03. The first kappa shape index (κ1) is 25.3. The van der Waals surface area contributed by atoms with Crippen LogP contribution in [-0.4, -0.2) is 40.3 Å². The van der Waals surface area contributed by atoms with Crippen LogP contribution in [0.5, 0.6) is 0 Å². The molecule has 0 saturated heterocycles. The van der Waals surface area contributed by atoms with E-state index in [0.29, 0.717) is 23.8 Å². The van der Waals surface area contributed by atoms with Crippen LogP contribution < -0.4 is 4.73 Å². The lowest BCUT2D eigenvalue weighted by Gasteiger charge is -2.12. The molecule has 10 nitrogen and oxygen atoms in total. The second-order valence-corrected chi connectivity index (χ2v) is 9.71. The molecule has 4 aromatic heterocycles. The third kappa shape index (κ3) is 4.69. The zero-order chi connectivity index (χ0) is 27.6. The molecule has 0 atom stereocenters. The molecule has 0 saturated carbocycles. The van der Waals surface area contributed by atoms with Crippen LogP contribution in [0.1, 0.15) is 36.1 Å². The number of aromatic nitrogens is 8. The largest absolute Gasteiger partial charge is 0.619 e. The fraction of sp³-hybridized carbons (Fsp3) is 0.200. The van der Waals surface area contributed by atoms with E-state index in [4.69, 9.17) is 9.97 Å². The highest BCUT2D eigenvalue weighted by atomic mass is 16.5. The Balaban J connectivity index is 1.37. The van der Waals surface area contributed by atoms with E-state index in [-0.39, 0.29) is 6.61 Å². The number of fused-ring (bicyclic) bond motifs is 1. The van der Waals surface area contributed by atoms with Crippen LogP contribution in [0.2, 0.25) is 0 Å². The SMILES string of the molecule is CCCc1nc2cc(-c3cc[n+]([O-])c(C)c3)c(CO)nc2n1Cc1ccc(-c2ccccc2-c2nn[nH]n2)cc1. The average molecular weight is 533 g/mol. The number of tetrazole rings is 1. The number of imidazole rings is 1. The van der Waals surface area contributed by atoms with E-state index in [1.165, 1.54) is 6.20 Å². The van der Waals surface area contributed by atoms with Crippen molar-refractivity contribution in [2.75, 3.05) is 0 Å². The molecule has 0 amide bonds. The van der Waals surface area contributed by atoms with E-state index in [9.17, 15) is 10.3 Å². The van der Waals surface area contributed by atoms with Gasteiger partial charge in [0.25, 0.3) is 0 Å². The number of H-pyrrole nitrogens is 1. The lowest BCUT2D eigenvalue weighted by Crippen LogP contribution is -2.28. The van der Waals surface area contributed by atoms with Gasteiger partial charge < -0.3 is 14.9 Å². The molecule has 2 aromatic carbocycles. The third-order valence-electron chi connectivity index (χ3n) is 7.03. The predicted molar refractivity (Wildman–Crippen MR) is 151 cm³/mol. The van der Waals surface area contributed by atoms with E-state index in [0.717, 1.165) is 67.9 Å². The molecule has 0 bridgehead atoms. The number of benzene rings is 2. The third-order valence-corrected chi connectivity index (χ3v) is 7.03. The van der Waals surface area contributed by atoms with Gasteiger partial charge in [0.2, 0.25) is 5.82 Å². The number of aliphatic hydroxyl groups is 1. The Morgan fingerprint density at radius 3 is 2.45 bits per heavy atom. The van der Waals surface area contributed by atoms with Crippen LogP contribution in [0, 0.1) is 12.1 Å². The van der Waals surface area contributed by atoms with E-state index in [2.05, 4.69) is 56.4 Å². The minimum absolute atomic E-state index is 0.223. The van der Waals surface area contributed by atoms with Crippen molar-refractivity contribution in [3.8, 4) is 33.6 Å². The first-order valence-electron chi connectivity index (χ1n) is 13.2.